The van der Waals surface area contributed by atoms with Gasteiger partial charge in [0.2, 0.25) is 0 Å². The van der Waals surface area contributed by atoms with E-state index in [0.29, 0.717) is 16.8 Å². The van der Waals surface area contributed by atoms with Crippen molar-refractivity contribution in [2.75, 3.05) is 0 Å². The predicted molar refractivity (Wildman–Crippen MR) is 143 cm³/mol. The first-order valence-corrected chi connectivity index (χ1v) is 13.6. The van der Waals surface area contributed by atoms with E-state index >= 15 is 0 Å². The van der Waals surface area contributed by atoms with Crippen molar-refractivity contribution < 1.29 is 18.4 Å². The molecule has 196 valence electrons. The second kappa shape index (κ2) is 10.1. The molecule has 3 heterocycles. The second-order valence-corrected chi connectivity index (χ2v) is 10.5. The molecule has 2 amide bonds. The molecule has 0 bridgehead atoms. The Morgan fingerprint density at radius 1 is 0.974 bits per heavy atom. The quantitative estimate of drug-likeness (QED) is 0.348. The molecule has 2 aliphatic rings. The Balaban J connectivity index is 1.50. The van der Waals surface area contributed by atoms with Gasteiger partial charge in [-0.05, 0) is 36.1 Å². The van der Waals surface area contributed by atoms with Crippen LogP contribution < -0.4 is 5.32 Å². The van der Waals surface area contributed by atoms with Gasteiger partial charge in [-0.3, -0.25) is 9.59 Å². The minimum Gasteiger partial charge on any atom is -0.463 e. The van der Waals surface area contributed by atoms with Crippen molar-refractivity contribution >= 4 is 22.9 Å². The Labute approximate surface area is 221 Å². The van der Waals surface area contributed by atoms with Crippen LogP contribution in [0.1, 0.15) is 66.6 Å². The zero-order chi connectivity index (χ0) is 26.1. The Hall–Kier alpha value is -3.87. The first kappa shape index (κ1) is 24.5. The van der Waals surface area contributed by atoms with Gasteiger partial charge in [-0.15, -0.1) is 0 Å². The fourth-order valence-electron chi connectivity index (χ4n) is 6.17. The van der Waals surface area contributed by atoms with E-state index < -0.39 is 5.54 Å². The number of carbonyl (C=O) groups is 2. The van der Waals surface area contributed by atoms with Gasteiger partial charge in [-0.2, -0.15) is 0 Å². The summed E-state index contributed by atoms with van der Waals surface area (Å²) in [6.07, 6.45) is 9.18. The summed E-state index contributed by atoms with van der Waals surface area (Å²) >= 11 is 0. The average Bonchev–Trinajstić information content (AvgIpc) is 3.50. The second-order valence-electron chi connectivity index (χ2n) is 10.5. The summed E-state index contributed by atoms with van der Waals surface area (Å²) < 4.78 is 21.7. The molecular weight excluding hydrogens is 481 g/mol. The van der Waals surface area contributed by atoms with Gasteiger partial charge in [-0.25, -0.2) is 4.39 Å². The van der Waals surface area contributed by atoms with Gasteiger partial charge in [0.1, 0.15) is 11.5 Å². The monoisotopic (exact) mass is 513 g/mol. The molecule has 1 aliphatic carbocycles. The number of fused-ring (bicyclic) bond motifs is 3. The van der Waals surface area contributed by atoms with Crippen LogP contribution in [0.3, 0.4) is 0 Å². The number of nitrogens with zero attached hydrogens (tertiary/aromatic N) is 2. The molecule has 6 rings (SSSR count). The summed E-state index contributed by atoms with van der Waals surface area (Å²) in [5.74, 6) is -0.865. The molecular formula is C31H32FN3O3. The fraction of sp³-hybridized carbons (Fsp3) is 0.355. The van der Waals surface area contributed by atoms with E-state index in [1.54, 1.807) is 29.4 Å². The predicted octanol–water partition coefficient (Wildman–Crippen LogP) is 6.15. The highest BCUT2D eigenvalue weighted by Gasteiger charge is 2.53. The van der Waals surface area contributed by atoms with E-state index in [9.17, 15) is 14.0 Å². The van der Waals surface area contributed by atoms with Gasteiger partial charge in [-0.1, -0.05) is 74.6 Å². The number of nitrogens with one attached hydrogen (secondary N) is 1. The summed E-state index contributed by atoms with van der Waals surface area (Å²) in [7, 11) is 0. The van der Waals surface area contributed by atoms with Crippen LogP contribution in [-0.2, 0) is 23.4 Å². The van der Waals surface area contributed by atoms with Gasteiger partial charge in [0, 0.05) is 24.7 Å². The van der Waals surface area contributed by atoms with Gasteiger partial charge in [0.25, 0.3) is 11.8 Å². The highest BCUT2D eigenvalue weighted by atomic mass is 19.1. The van der Waals surface area contributed by atoms with Crippen LogP contribution in [0, 0.1) is 5.82 Å². The highest BCUT2D eigenvalue weighted by molar-refractivity contribution is 6.03. The van der Waals surface area contributed by atoms with Crippen LogP contribution in [0.4, 0.5) is 4.39 Å². The standard InChI is InChI=1S/C31H32FN3O3/c32-24-13-9-10-22(18-24)20-35-29(36)27-19-28-26(16-17-38-28)34(27)21-31(35,23-11-5-4-6-12-23)30(37)33-25-14-7-2-1-3-8-15-25/h4-6,9-13,16-19,25H,1-3,7-8,14-15,20-21H2,(H,33,37)/t31-/m1/s1. The Bertz CT molecular complexity index is 1450. The molecule has 0 spiro atoms. The van der Waals surface area contributed by atoms with Gasteiger partial charge < -0.3 is 19.2 Å². The van der Waals surface area contributed by atoms with Crippen molar-refractivity contribution in [1.29, 1.82) is 0 Å². The summed E-state index contributed by atoms with van der Waals surface area (Å²) in [5.41, 5.74) is 1.86. The molecule has 7 heteroatoms. The van der Waals surface area contributed by atoms with Crippen molar-refractivity contribution in [3.63, 3.8) is 0 Å². The number of furan rings is 1. The fourth-order valence-corrected chi connectivity index (χ4v) is 6.17. The van der Waals surface area contributed by atoms with Crippen molar-refractivity contribution in [1.82, 2.24) is 14.8 Å². The normalized spacial score (nSPS) is 20.7. The first-order chi connectivity index (χ1) is 18.6. The van der Waals surface area contributed by atoms with E-state index in [1.807, 2.05) is 41.0 Å². The molecule has 1 N–H and O–H groups in total. The largest absolute Gasteiger partial charge is 0.463 e. The van der Waals surface area contributed by atoms with Crippen molar-refractivity contribution in [3.05, 3.63) is 95.6 Å². The van der Waals surface area contributed by atoms with Crippen molar-refractivity contribution in [3.8, 4) is 0 Å². The number of hydrogen-bond acceptors (Lipinski definition) is 3. The van der Waals surface area contributed by atoms with E-state index in [0.717, 1.165) is 36.8 Å². The highest BCUT2D eigenvalue weighted by Crippen LogP contribution is 2.40. The van der Waals surface area contributed by atoms with Crippen LogP contribution in [0.25, 0.3) is 11.1 Å². The van der Waals surface area contributed by atoms with E-state index in [1.165, 1.54) is 31.4 Å². The number of carbonyl (C=O) groups excluding carboxylic acids is 2. The topological polar surface area (TPSA) is 67.5 Å². The molecule has 2 aromatic heterocycles. The lowest BCUT2D eigenvalue weighted by Crippen LogP contribution is -2.64. The lowest BCUT2D eigenvalue weighted by atomic mass is 9.83. The zero-order valence-corrected chi connectivity index (χ0v) is 21.4. The summed E-state index contributed by atoms with van der Waals surface area (Å²) in [5, 5.41) is 3.36. The molecule has 38 heavy (non-hydrogen) atoms. The van der Waals surface area contributed by atoms with Crippen LogP contribution in [0.15, 0.2) is 77.4 Å². The number of hydrogen-bond donors (Lipinski definition) is 1. The molecule has 1 atom stereocenters. The smallest absolute Gasteiger partial charge is 0.272 e. The molecule has 0 radical (unpaired) electrons. The number of rotatable bonds is 5. The maximum absolute atomic E-state index is 14.6. The SMILES string of the molecule is O=C1c2cc3occc3n2C[C@](C(=O)NC2CCCCCCC2)(c2ccccc2)N1Cc1cccc(F)c1. The van der Waals surface area contributed by atoms with E-state index in [4.69, 9.17) is 4.42 Å². The number of halogens is 1. The van der Waals surface area contributed by atoms with E-state index in [2.05, 4.69) is 5.32 Å². The zero-order valence-electron chi connectivity index (χ0n) is 21.4. The minimum atomic E-state index is -1.33. The van der Waals surface area contributed by atoms with Crippen molar-refractivity contribution in [2.45, 2.75) is 69.6 Å². The minimum absolute atomic E-state index is 0.0505. The molecule has 1 saturated carbocycles. The molecule has 0 unspecified atom stereocenters. The number of benzene rings is 2. The van der Waals surface area contributed by atoms with E-state index in [-0.39, 0.29) is 36.8 Å². The molecule has 4 aromatic rings. The summed E-state index contributed by atoms with van der Waals surface area (Å²) in [6, 6.07) is 19.3. The van der Waals surface area contributed by atoms with Crippen molar-refractivity contribution in [2.24, 2.45) is 0 Å². The lowest BCUT2D eigenvalue weighted by molar-refractivity contribution is -0.136. The summed E-state index contributed by atoms with van der Waals surface area (Å²) in [4.78, 5) is 30.5. The Morgan fingerprint density at radius 3 is 2.50 bits per heavy atom. The van der Waals surface area contributed by atoms with Crippen LogP contribution in [0.5, 0.6) is 0 Å². The van der Waals surface area contributed by atoms with Gasteiger partial charge in [0.15, 0.2) is 11.1 Å². The average molecular weight is 514 g/mol. The molecule has 6 nitrogen and oxygen atoms in total. The first-order valence-electron chi connectivity index (χ1n) is 13.6. The van der Waals surface area contributed by atoms with Crippen LogP contribution >= 0.6 is 0 Å². The van der Waals surface area contributed by atoms with Gasteiger partial charge in [0.05, 0.1) is 18.3 Å². The molecule has 2 aromatic carbocycles. The van der Waals surface area contributed by atoms with Gasteiger partial charge >= 0.3 is 0 Å². The molecule has 0 saturated heterocycles. The summed E-state index contributed by atoms with van der Waals surface area (Å²) in [6.45, 7) is 0.325. The third kappa shape index (κ3) is 4.30. The maximum atomic E-state index is 14.6. The van der Waals surface area contributed by atoms with Crippen LogP contribution in [-0.4, -0.2) is 27.3 Å². The maximum Gasteiger partial charge on any atom is 0.272 e. The third-order valence-corrected chi connectivity index (χ3v) is 8.13. The third-order valence-electron chi connectivity index (χ3n) is 8.13. The lowest BCUT2D eigenvalue weighted by Gasteiger charge is -2.47. The Morgan fingerprint density at radius 2 is 1.74 bits per heavy atom. The van der Waals surface area contributed by atoms with Crippen LogP contribution in [0.2, 0.25) is 0 Å². The number of amides is 2. The molecule has 1 fully saturated rings. The Kier molecular flexibility index (Phi) is 6.52. The molecule has 1 aliphatic heterocycles. The number of aromatic nitrogens is 1.